The summed E-state index contributed by atoms with van der Waals surface area (Å²) < 4.78 is 24.8. The second-order valence-corrected chi connectivity index (χ2v) is 5.94. The molecular weight excluding hydrogens is 361 g/mol. The van der Waals surface area contributed by atoms with Crippen LogP contribution in [0.1, 0.15) is 18.1 Å². The Labute approximate surface area is 144 Å². The van der Waals surface area contributed by atoms with Gasteiger partial charge < -0.3 is 14.8 Å². The molecular formula is C18H21BrFNO2. The highest BCUT2D eigenvalue weighted by molar-refractivity contribution is 9.10. The third-order valence-corrected chi connectivity index (χ3v) is 4.19. The maximum atomic E-state index is 12.9. The van der Waals surface area contributed by atoms with Gasteiger partial charge in [-0.05, 0) is 55.3 Å². The number of halogens is 2. The first-order chi connectivity index (χ1) is 11.1. The van der Waals surface area contributed by atoms with Crippen LogP contribution in [-0.4, -0.2) is 20.3 Å². The van der Waals surface area contributed by atoms with Crippen molar-refractivity contribution in [2.75, 3.05) is 20.3 Å². The molecule has 0 radical (unpaired) electrons. The fourth-order valence-electron chi connectivity index (χ4n) is 2.25. The third kappa shape index (κ3) is 5.22. The number of benzene rings is 2. The molecule has 0 aliphatic carbocycles. The van der Waals surface area contributed by atoms with Crippen molar-refractivity contribution in [2.45, 2.75) is 19.9 Å². The van der Waals surface area contributed by atoms with E-state index >= 15 is 0 Å². The fourth-order valence-corrected chi connectivity index (χ4v) is 2.71. The topological polar surface area (TPSA) is 30.5 Å². The van der Waals surface area contributed by atoms with Crippen molar-refractivity contribution in [1.82, 2.24) is 5.32 Å². The Hall–Kier alpha value is -1.59. The minimum atomic E-state index is -0.202. The van der Waals surface area contributed by atoms with E-state index in [-0.39, 0.29) is 5.82 Å². The molecule has 23 heavy (non-hydrogen) atoms. The van der Waals surface area contributed by atoms with E-state index in [9.17, 15) is 4.39 Å². The van der Waals surface area contributed by atoms with Crippen LogP contribution in [0.5, 0.6) is 11.5 Å². The van der Waals surface area contributed by atoms with Gasteiger partial charge in [0.2, 0.25) is 0 Å². The van der Waals surface area contributed by atoms with Crippen LogP contribution in [0, 0.1) is 5.82 Å². The zero-order valence-electron chi connectivity index (χ0n) is 13.4. The number of hydrogen-bond acceptors (Lipinski definition) is 3. The van der Waals surface area contributed by atoms with Gasteiger partial charge in [0.15, 0.2) is 11.5 Å². The van der Waals surface area contributed by atoms with Crippen molar-refractivity contribution >= 4 is 15.9 Å². The number of ether oxygens (including phenoxy) is 2. The highest BCUT2D eigenvalue weighted by Gasteiger charge is 2.09. The first kappa shape index (κ1) is 17.8. The first-order valence-corrected chi connectivity index (χ1v) is 8.37. The summed E-state index contributed by atoms with van der Waals surface area (Å²) >= 11 is 3.56. The summed E-state index contributed by atoms with van der Waals surface area (Å²) in [5, 5.41) is 3.39. The minimum Gasteiger partial charge on any atom is -0.493 e. The van der Waals surface area contributed by atoms with Gasteiger partial charge in [0.25, 0.3) is 0 Å². The molecule has 2 aromatic carbocycles. The second kappa shape index (κ2) is 8.89. The van der Waals surface area contributed by atoms with Gasteiger partial charge in [0, 0.05) is 11.0 Å². The zero-order chi connectivity index (χ0) is 16.7. The Morgan fingerprint density at radius 2 is 1.87 bits per heavy atom. The molecule has 0 atom stereocenters. The number of methoxy groups -OCH3 is 1. The first-order valence-electron chi connectivity index (χ1n) is 7.58. The predicted molar refractivity (Wildman–Crippen MR) is 93.7 cm³/mol. The summed E-state index contributed by atoms with van der Waals surface area (Å²) in [6.45, 7) is 4.07. The molecule has 0 amide bonds. The van der Waals surface area contributed by atoms with E-state index in [0.29, 0.717) is 18.9 Å². The van der Waals surface area contributed by atoms with E-state index in [4.69, 9.17) is 9.47 Å². The van der Waals surface area contributed by atoms with Gasteiger partial charge >= 0.3 is 0 Å². The molecule has 0 fully saturated rings. The van der Waals surface area contributed by atoms with E-state index < -0.39 is 0 Å². The Balaban J connectivity index is 1.92. The van der Waals surface area contributed by atoms with E-state index in [1.165, 1.54) is 12.1 Å². The van der Waals surface area contributed by atoms with Crippen LogP contribution in [0.15, 0.2) is 40.9 Å². The molecule has 124 valence electrons. The lowest BCUT2D eigenvalue weighted by atomic mass is 10.1. The van der Waals surface area contributed by atoms with Crippen molar-refractivity contribution in [3.8, 4) is 11.5 Å². The highest BCUT2D eigenvalue weighted by atomic mass is 79.9. The van der Waals surface area contributed by atoms with Crippen molar-refractivity contribution in [1.29, 1.82) is 0 Å². The van der Waals surface area contributed by atoms with Crippen LogP contribution in [0.25, 0.3) is 0 Å². The van der Waals surface area contributed by atoms with Crippen molar-refractivity contribution in [3.05, 3.63) is 57.8 Å². The van der Waals surface area contributed by atoms with Crippen LogP contribution in [0.4, 0.5) is 4.39 Å². The van der Waals surface area contributed by atoms with Crippen LogP contribution in [-0.2, 0) is 13.0 Å². The third-order valence-electron chi connectivity index (χ3n) is 3.45. The summed E-state index contributed by atoms with van der Waals surface area (Å²) in [5.41, 5.74) is 2.22. The number of nitrogens with one attached hydrogen (secondary N) is 1. The number of hydrogen-bond donors (Lipinski definition) is 1. The van der Waals surface area contributed by atoms with Gasteiger partial charge in [0.05, 0.1) is 13.7 Å². The Morgan fingerprint density at radius 3 is 2.52 bits per heavy atom. The predicted octanol–water partition coefficient (Wildman–Crippen LogP) is 4.33. The van der Waals surface area contributed by atoms with Gasteiger partial charge in [0.1, 0.15) is 5.82 Å². The van der Waals surface area contributed by atoms with Crippen molar-refractivity contribution in [2.24, 2.45) is 0 Å². The van der Waals surface area contributed by atoms with Crippen LogP contribution in [0.3, 0.4) is 0 Å². The molecule has 0 bridgehead atoms. The minimum absolute atomic E-state index is 0.202. The second-order valence-electron chi connectivity index (χ2n) is 5.08. The van der Waals surface area contributed by atoms with Gasteiger partial charge in [-0.2, -0.15) is 0 Å². The number of rotatable bonds is 8. The normalized spacial score (nSPS) is 10.6. The molecule has 0 aliphatic rings. The van der Waals surface area contributed by atoms with Crippen LogP contribution >= 0.6 is 15.9 Å². The lowest BCUT2D eigenvalue weighted by molar-refractivity contribution is 0.310. The molecule has 0 aliphatic heterocycles. The Morgan fingerprint density at radius 1 is 1.13 bits per heavy atom. The average molecular weight is 382 g/mol. The average Bonchev–Trinajstić information content (AvgIpc) is 2.55. The molecule has 2 aromatic rings. The molecule has 0 spiro atoms. The molecule has 3 nitrogen and oxygen atoms in total. The summed E-state index contributed by atoms with van der Waals surface area (Å²) in [7, 11) is 1.63. The van der Waals surface area contributed by atoms with Crippen LogP contribution in [0.2, 0.25) is 0 Å². The molecule has 2 rings (SSSR count). The standard InChI is InChI=1S/C18H21BrFNO2/c1-3-23-18-10-14(16(19)11-17(18)22-2)12-21-9-8-13-4-6-15(20)7-5-13/h4-7,10-11,21H,3,8-9,12H2,1-2H3. The highest BCUT2D eigenvalue weighted by Crippen LogP contribution is 2.33. The van der Waals surface area contributed by atoms with Gasteiger partial charge in [-0.1, -0.05) is 28.1 Å². The quantitative estimate of drug-likeness (QED) is 0.690. The van der Waals surface area contributed by atoms with E-state index in [1.807, 2.05) is 31.2 Å². The molecule has 1 N–H and O–H groups in total. The largest absolute Gasteiger partial charge is 0.493 e. The Bertz CT molecular complexity index is 632. The van der Waals surface area contributed by atoms with E-state index in [1.54, 1.807) is 7.11 Å². The zero-order valence-corrected chi connectivity index (χ0v) is 15.0. The summed E-state index contributed by atoms with van der Waals surface area (Å²) in [6.07, 6.45) is 0.854. The summed E-state index contributed by atoms with van der Waals surface area (Å²) in [5.74, 6) is 1.26. The maximum Gasteiger partial charge on any atom is 0.161 e. The van der Waals surface area contributed by atoms with E-state index in [2.05, 4.69) is 21.2 Å². The van der Waals surface area contributed by atoms with Crippen LogP contribution < -0.4 is 14.8 Å². The van der Waals surface area contributed by atoms with Gasteiger partial charge in [-0.15, -0.1) is 0 Å². The van der Waals surface area contributed by atoms with E-state index in [0.717, 1.165) is 34.3 Å². The maximum absolute atomic E-state index is 12.9. The molecule has 0 unspecified atom stereocenters. The Kier molecular flexibility index (Phi) is 6.86. The molecule has 0 saturated heterocycles. The van der Waals surface area contributed by atoms with Crippen molar-refractivity contribution < 1.29 is 13.9 Å². The summed E-state index contributed by atoms with van der Waals surface area (Å²) in [4.78, 5) is 0. The van der Waals surface area contributed by atoms with Gasteiger partial charge in [-0.25, -0.2) is 4.39 Å². The van der Waals surface area contributed by atoms with Crippen molar-refractivity contribution in [3.63, 3.8) is 0 Å². The fraction of sp³-hybridized carbons (Fsp3) is 0.333. The molecule has 0 saturated carbocycles. The SMILES string of the molecule is CCOc1cc(CNCCc2ccc(F)cc2)c(Br)cc1OC. The molecule has 0 aromatic heterocycles. The molecule has 5 heteroatoms. The summed E-state index contributed by atoms with van der Waals surface area (Å²) in [6, 6.07) is 10.5. The monoisotopic (exact) mass is 381 g/mol. The lowest BCUT2D eigenvalue weighted by Crippen LogP contribution is -2.17. The smallest absolute Gasteiger partial charge is 0.161 e. The molecule has 0 heterocycles. The van der Waals surface area contributed by atoms with Gasteiger partial charge in [-0.3, -0.25) is 0 Å². The lowest BCUT2D eigenvalue weighted by Gasteiger charge is -2.13.